The van der Waals surface area contributed by atoms with Gasteiger partial charge in [-0.05, 0) is 11.4 Å². The molecule has 0 fully saturated rings. The van der Waals surface area contributed by atoms with Crippen LogP contribution >= 0.6 is 11.3 Å². The van der Waals surface area contributed by atoms with Gasteiger partial charge in [0.05, 0.1) is 18.3 Å². The van der Waals surface area contributed by atoms with Crippen molar-refractivity contribution in [2.75, 3.05) is 7.11 Å². The van der Waals surface area contributed by atoms with Crippen molar-refractivity contribution in [2.45, 2.75) is 0 Å². The first kappa shape index (κ1) is 7.36. The van der Waals surface area contributed by atoms with Gasteiger partial charge in [0.15, 0.2) is 0 Å². The SMILES string of the molecule is COc1nc[nH]c1-c1cccs1. The van der Waals surface area contributed by atoms with Gasteiger partial charge in [-0.2, -0.15) is 0 Å². The first-order chi connectivity index (χ1) is 5.92. The first-order valence-corrected chi connectivity index (χ1v) is 4.41. The zero-order chi connectivity index (χ0) is 8.39. The fourth-order valence-corrected chi connectivity index (χ4v) is 1.76. The molecule has 0 aliphatic rings. The lowest BCUT2D eigenvalue weighted by Gasteiger charge is -1.96. The average Bonchev–Trinajstić information content (AvgIpc) is 2.74. The van der Waals surface area contributed by atoms with Gasteiger partial charge in [0, 0.05) is 0 Å². The molecule has 4 heteroatoms. The summed E-state index contributed by atoms with van der Waals surface area (Å²) in [6.07, 6.45) is 1.63. The summed E-state index contributed by atoms with van der Waals surface area (Å²) in [6, 6.07) is 4.03. The lowest BCUT2D eigenvalue weighted by Crippen LogP contribution is -1.84. The van der Waals surface area contributed by atoms with E-state index in [2.05, 4.69) is 9.97 Å². The smallest absolute Gasteiger partial charge is 0.240 e. The Bertz CT molecular complexity index is 353. The maximum Gasteiger partial charge on any atom is 0.240 e. The molecule has 2 heterocycles. The van der Waals surface area contributed by atoms with E-state index in [4.69, 9.17) is 4.74 Å². The van der Waals surface area contributed by atoms with Gasteiger partial charge in [-0.3, -0.25) is 0 Å². The predicted molar refractivity (Wildman–Crippen MR) is 48.5 cm³/mol. The number of H-pyrrole nitrogens is 1. The number of imidazole rings is 1. The van der Waals surface area contributed by atoms with E-state index in [1.54, 1.807) is 24.8 Å². The second kappa shape index (κ2) is 2.98. The minimum Gasteiger partial charge on any atom is -0.479 e. The number of nitrogens with one attached hydrogen (secondary N) is 1. The maximum absolute atomic E-state index is 5.07. The van der Waals surface area contributed by atoms with Gasteiger partial charge < -0.3 is 9.72 Å². The van der Waals surface area contributed by atoms with Gasteiger partial charge in [0.25, 0.3) is 0 Å². The molecule has 0 atom stereocenters. The van der Waals surface area contributed by atoms with E-state index < -0.39 is 0 Å². The second-order valence-electron chi connectivity index (χ2n) is 2.26. The third-order valence-electron chi connectivity index (χ3n) is 1.57. The first-order valence-electron chi connectivity index (χ1n) is 3.53. The summed E-state index contributed by atoms with van der Waals surface area (Å²) in [7, 11) is 1.62. The van der Waals surface area contributed by atoms with Crippen molar-refractivity contribution < 1.29 is 4.74 Å². The van der Waals surface area contributed by atoms with Crippen molar-refractivity contribution in [1.29, 1.82) is 0 Å². The number of rotatable bonds is 2. The van der Waals surface area contributed by atoms with E-state index in [0.29, 0.717) is 5.88 Å². The molecule has 0 aromatic carbocycles. The van der Waals surface area contributed by atoms with Crippen LogP contribution in [0.5, 0.6) is 5.88 Å². The molecule has 0 saturated carbocycles. The summed E-state index contributed by atoms with van der Waals surface area (Å²) in [5, 5.41) is 2.02. The average molecular weight is 180 g/mol. The molecule has 12 heavy (non-hydrogen) atoms. The van der Waals surface area contributed by atoms with Crippen LogP contribution in [-0.2, 0) is 0 Å². The molecular formula is C8H8N2OS. The number of aromatic amines is 1. The molecule has 0 spiro atoms. The predicted octanol–water partition coefficient (Wildman–Crippen LogP) is 2.15. The van der Waals surface area contributed by atoms with E-state index in [9.17, 15) is 0 Å². The summed E-state index contributed by atoms with van der Waals surface area (Å²) in [5.41, 5.74) is 0.951. The van der Waals surface area contributed by atoms with Crippen LogP contribution < -0.4 is 4.74 Å². The highest BCUT2D eigenvalue weighted by Gasteiger charge is 2.07. The van der Waals surface area contributed by atoms with Crippen molar-refractivity contribution in [1.82, 2.24) is 9.97 Å². The molecule has 0 amide bonds. The molecule has 0 radical (unpaired) electrons. The molecular weight excluding hydrogens is 172 g/mol. The van der Waals surface area contributed by atoms with E-state index in [1.807, 2.05) is 17.5 Å². The molecule has 0 aliphatic carbocycles. The summed E-state index contributed by atoms with van der Waals surface area (Å²) < 4.78 is 5.07. The number of nitrogens with zero attached hydrogens (tertiary/aromatic N) is 1. The van der Waals surface area contributed by atoms with E-state index in [0.717, 1.165) is 10.6 Å². The monoisotopic (exact) mass is 180 g/mol. The van der Waals surface area contributed by atoms with Gasteiger partial charge in [-0.1, -0.05) is 6.07 Å². The molecule has 62 valence electrons. The Morgan fingerprint density at radius 1 is 1.58 bits per heavy atom. The highest BCUT2D eigenvalue weighted by atomic mass is 32.1. The zero-order valence-electron chi connectivity index (χ0n) is 6.57. The lowest BCUT2D eigenvalue weighted by atomic mass is 10.4. The number of methoxy groups -OCH3 is 1. The summed E-state index contributed by atoms with van der Waals surface area (Å²) in [5.74, 6) is 0.650. The number of thiophene rings is 1. The summed E-state index contributed by atoms with van der Waals surface area (Å²) in [6.45, 7) is 0. The highest BCUT2D eigenvalue weighted by molar-refractivity contribution is 7.13. The Labute approximate surface area is 74.0 Å². The molecule has 0 saturated heterocycles. The van der Waals surface area contributed by atoms with Gasteiger partial charge in [0.2, 0.25) is 5.88 Å². The molecule has 2 rings (SSSR count). The van der Waals surface area contributed by atoms with Gasteiger partial charge >= 0.3 is 0 Å². The van der Waals surface area contributed by atoms with Gasteiger partial charge in [-0.15, -0.1) is 11.3 Å². The van der Waals surface area contributed by atoms with Crippen LogP contribution in [0.25, 0.3) is 10.6 Å². The number of ether oxygens (including phenoxy) is 1. The van der Waals surface area contributed by atoms with Crippen molar-refractivity contribution in [3.8, 4) is 16.5 Å². The normalized spacial score (nSPS) is 10.1. The second-order valence-corrected chi connectivity index (χ2v) is 3.21. The van der Waals surface area contributed by atoms with Crippen LogP contribution in [0.2, 0.25) is 0 Å². The van der Waals surface area contributed by atoms with E-state index in [-0.39, 0.29) is 0 Å². The fourth-order valence-electron chi connectivity index (χ4n) is 1.03. The van der Waals surface area contributed by atoms with E-state index >= 15 is 0 Å². The van der Waals surface area contributed by atoms with E-state index in [1.165, 1.54) is 0 Å². The zero-order valence-corrected chi connectivity index (χ0v) is 7.39. The van der Waals surface area contributed by atoms with Crippen molar-refractivity contribution in [3.05, 3.63) is 23.8 Å². The highest BCUT2D eigenvalue weighted by Crippen LogP contribution is 2.29. The summed E-state index contributed by atoms with van der Waals surface area (Å²) in [4.78, 5) is 8.20. The largest absolute Gasteiger partial charge is 0.479 e. The number of aromatic nitrogens is 2. The fraction of sp³-hybridized carbons (Fsp3) is 0.125. The molecule has 0 unspecified atom stereocenters. The summed E-state index contributed by atoms with van der Waals surface area (Å²) >= 11 is 1.66. The van der Waals surface area contributed by atoms with Crippen LogP contribution in [0, 0.1) is 0 Å². The van der Waals surface area contributed by atoms with Gasteiger partial charge in [-0.25, -0.2) is 4.98 Å². The maximum atomic E-state index is 5.07. The molecule has 3 nitrogen and oxygen atoms in total. The molecule has 2 aromatic heterocycles. The van der Waals surface area contributed by atoms with Crippen LogP contribution in [0.3, 0.4) is 0 Å². The Hall–Kier alpha value is -1.29. The number of hydrogen-bond acceptors (Lipinski definition) is 3. The van der Waals surface area contributed by atoms with Crippen molar-refractivity contribution in [2.24, 2.45) is 0 Å². The quantitative estimate of drug-likeness (QED) is 0.768. The topological polar surface area (TPSA) is 37.9 Å². The van der Waals surface area contributed by atoms with Crippen LogP contribution in [-0.4, -0.2) is 17.1 Å². The Morgan fingerprint density at radius 3 is 3.17 bits per heavy atom. The van der Waals surface area contributed by atoms with Crippen molar-refractivity contribution in [3.63, 3.8) is 0 Å². The minimum atomic E-state index is 0.650. The minimum absolute atomic E-state index is 0.650. The lowest BCUT2D eigenvalue weighted by molar-refractivity contribution is 0.402. The third kappa shape index (κ3) is 1.10. The van der Waals surface area contributed by atoms with Crippen LogP contribution in [0.1, 0.15) is 0 Å². The molecule has 2 aromatic rings. The Balaban J connectivity index is 2.46. The Morgan fingerprint density at radius 2 is 2.50 bits per heavy atom. The van der Waals surface area contributed by atoms with Crippen LogP contribution in [0.4, 0.5) is 0 Å². The van der Waals surface area contributed by atoms with Crippen LogP contribution in [0.15, 0.2) is 23.8 Å². The van der Waals surface area contributed by atoms with Gasteiger partial charge in [0.1, 0.15) is 5.69 Å². The molecule has 0 bridgehead atoms. The number of hydrogen-bond donors (Lipinski definition) is 1. The standard InChI is InChI=1S/C8H8N2OS/c1-11-8-7(9-5-10-8)6-3-2-4-12-6/h2-5H,1H3,(H,9,10). The third-order valence-corrected chi connectivity index (χ3v) is 2.45. The van der Waals surface area contributed by atoms with Crippen molar-refractivity contribution >= 4 is 11.3 Å². The molecule has 1 N–H and O–H groups in total. The Kier molecular flexibility index (Phi) is 1.83. The molecule has 0 aliphatic heterocycles.